The average molecular weight is 356 g/mol. The summed E-state index contributed by atoms with van der Waals surface area (Å²) in [6.45, 7) is 3.78. The molecule has 7 heteroatoms. The number of nitrogens with zero attached hydrogens (tertiary/aromatic N) is 3. The molecule has 0 aliphatic carbocycles. The smallest absolute Gasteiger partial charge is 0.254 e. The van der Waals surface area contributed by atoms with E-state index in [1.807, 2.05) is 44.3 Å². The molecule has 0 spiro atoms. The van der Waals surface area contributed by atoms with Crippen LogP contribution in [0.4, 0.5) is 5.82 Å². The molecule has 3 rings (SSSR count). The fourth-order valence-electron chi connectivity index (χ4n) is 3.06. The number of hydrogen-bond acceptors (Lipinski definition) is 6. The zero-order valence-corrected chi connectivity index (χ0v) is 15.4. The van der Waals surface area contributed by atoms with Gasteiger partial charge in [-0.15, -0.1) is 0 Å². The highest BCUT2D eigenvalue weighted by molar-refractivity contribution is 5.94. The number of aromatic nitrogens is 2. The third-order valence-corrected chi connectivity index (χ3v) is 4.30. The molecule has 0 unspecified atom stereocenters. The molecule has 1 aromatic carbocycles. The maximum absolute atomic E-state index is 13.1. The first-order valence-corrected chi connectivity index (χ1v) is 8.62. The van der Waals surface area contributed by atoms with Gasteiger partial charge in [-0.1, -0.05) is 12.1 Å². The molecule has 2 aromatic rings. The molecule has 7 nitrogen and oxygen atoms in total. The molecule has 0 bridgehead atoms. The van der Waals surface area contributed by atoms with Crippen LogP contribution in [-0.4, -0.2) is 54.7 Å². The molecule has 138 valence electrons. The standard InChI is InChI=1S/C19H24N4O3/c1-13-9-17(20-2)22-18(21-13)16-12-26-8-7-23(16)19(24)15-6-4-5-14(10-15)11-25-3/h4-6,9-10,16H,7-8,11-12H2,1-3H3,(H,20,21,22)/t16-/m1/s1. The second-order valence-electron chi connectivity index (χ2n) is 6.23. The number of benzene rings is 1. The number of aryl methyl sites for hydroxylation is 1. The van der Waals surface area contributed by atoms with E-state index in [1.54, 1.807) is 12.0 Å². The second-order valence-corrected chi connectivity index (χ2v) is 6.23. The van der Waals surface area contributed by atoms with Gasteiger partial charge in [0.05, 0.1) is 19.8 Å². The van der Waals surface area contributed by atoms with Crippen LogP contribution in [0.15, 0.2) is 30.3 Å². The minimum atomic E-state index is -0.311. The first-order valence-electron chi connectivity index (χ1n) is 8.62. The number of ether oxygens (including phenoxy) is 2. The molecule has 1 aliphatic heterocycles. The number of morpholine rings is 1. The highest BCUT2D eigenvalue weighted by Crippen LogP contribution is 2.25. The topological polar surface area (TPSA) is 76.6 Å². The Bertz CT molecular complexity index is 781. The van der Waals surface area contributed by atoms with Crippen molar-refractivity contribution in [3.63, 3.8) is 0 Å². The Morgan fingerprint density at radius 2 is 2.23 bits per heavy atom. The van der Waals surface area contributed by atoms with Crippen LogP contribution >= 0.6 is 0 Å². The van der Waals surface area contributed by atoms with Crippen molar-refractivity contribution >= 4 is 11.7 Å². The maximum Gasteiger partial charge on any atom is 0.254 e. The van der Waals surface area contributed by atoms with Crippen molar-refractivity contribution in [3.05, 3.63) is 53.0 Å². The van der Waals surface area contributed by atoms with Crippen molar-refractivity contribution in [2.75, 3.05) is 39.2 Å². The molecule has 2 heterocycles. The second kappa shape index (κ2) is 8.25. The van der Waals surface area contributed by atoms with Crippen LogP contribution in [0.25, 0.3) is 0 Å². The van der Waals surface area contributed by atoms with E-state index >= 15 is 0 Å². The number of carbonyl (C=O) groups excluding carboxylic acids is 1. The van der Waals surface area contributed by atoms with Gasteiger partial charge in [0.15, 0.2) is 5.82 Å². The Morgan fingerprint density at radius 1 is 1.38 bits per heavy atom. The fourth-order valence-corrected chi connectivity index (χ4v) is 3.06. The molecular weight excluding hydrogens is 332 g/mol. The molecule has 1 saturated heterocycles. The van der Waals surface area contributed by atoms with Gasteiger partial charge < -0.3 is 19.7 Å². The van der Waals surface area contributed by atoms with Crippen LogP contribution in [0.5, 0.6) is 0 Å². The molecule has 1 aliphatic rings. The van der Waals surface area contributed by atoms with Gasteiger partial charge in [-0.2, -0.15) is 0 Å². The molecule has 26 heavy (non-hydrogen) atoms. The quantitative estimate of drug-likeness (QED) is 0.885. The van der Waals surface area contributed by atoms with Crippen molar-refractivity contribution in [2.24, 2.45) is 0 Å². The SMILES string of the molecule is CNc1cc(C)nc([C@H]2COCCN2C(=O)c2cccc(COC)c2)n1. The zero-order valence-electron chi connectivity index (χ0n) is 15.4. The lowest BCUT2D eigenvalue weighted by atomic mass is 10.1. The summed E-state index contributed by atoms with van der Waals surface area (Å²) in [5.74, 6) is 1.27. The molecule has 1 atom stereocenters. The van der Waals surface area contributed by atoms with E-state index < -0.39 is 0 Å². The van der Waals surface area contributed by atoms with E-state index in [2.05, 4.69) is 15.3 Å². The van der Waals surface area contributed by atoms with Crippen LogP contribution in [0.1, 0.15) is 33.5 Å². The molecule has 1 amide bonds. The van der Waals surface area contributed by atoms with E-state index in [0.717, 1.165) is 17.1 Å². The van der Waals surface area contributed by atoms with Crippen molar-refractivity contribution in [2.45, 2.75) is 19.6 Å². The first-order chi connectivity index (χ1) is 12.6. The Kier molecular flexibility index (Phi) is 5.80. The van der Waals surface area contributed by atoms with Crippen LogP contribution in [0.3, 0.4) is 0 Å². The third kappa shape index (κ3) is 4.00. The summed E-state index contributed by atoms with van der Waals surface area (Å²) in [4.78, 5) is 24.0. The van der Waals surface area contributed by atoms with Gasteiger partial charge in [-0.3, -0.25) is 4.79 Å². The van der Waals surface area contributed by atoms with Crippen molar-refractivity contribution in [3.8, 4) is 0 Å². The van der Waals surface area contributed by atoms with E-state index in [0.29, 0.717) is 37.8 Å². The number of nitrogens with one attached hydrogen (secondary N) is 1. The molecule has 0 radical (unpaired) electrons. The summed E-state index contributed by atoms with van der Waals surface area (Å²) in [6.07, 6.45) is 0. The highest BCUT2D eigenvalue weighted by Gasteiger charge is 2.31. The summed E-state index contributed by atoms with van der Waals surface area (Å²) in [6, 6.07) is 9.07. The van der Waals surface area contributed by atoms with Gasteiger partial charge in [0, 0.05) is 38.0 Å². The van der Waals surface area contributed by atoms with E-state index in [-0.39, 0.29) is 11.9 Å². The number of hydrogen-bond donors (Lipinski definition) is 1. The maximum atomic E-state index is 13.1. The minimum Gasteiger partial charge on any atom is -0.380 e. The molecule has 0 saturated carbocycles. The van der Waals surface area contributed by atoms with Gasteiger partial charge in [-0.05, 0) is 24.6 Å². The predicted molar refractivity (Wildman–Crippen MR) is 98.1 cm³/mol. The number of rotatable bonds is 5. The lowest BCUT2D eigenvalue weighted by Crippen LogP contribution is -2.44. The molecule has 1 fully saturated rings. The van der Waals surface area contributed by atoms with Crippen molar-refractivity contribution in [1.82, 2.24) is 14.9 Å². The van der Waals surface area contributed by atoms with Gasteiger partial charge >= 0.3 is 0 Å². The summed E-state index contributed by atoms with van der Waals surface area (Å²) in [5.41, 5.74) is 2.44. The van der Waals surface area contributed by atoms with Crippen LogP contribution in [-0.2, 0) is 16.1 Å². The lowest BCUT2D eigenvalue weighted by molar-refractivity contribution is -0.00524. The fraction of sp³-hybridized carbons (Fsp3) is 0.421. The predicted octanol–water partition coefficient (Wildman–Crippen LogP) is 2.19. The number of amides is 1. The van der Waals surface area contributed by atoms with Crippen LogP contribution < -0.4 is 5.32 Å². The molecule has 1 aromatic heterocycles. The van der Waals surface area contributed by atoms with Crippen LogP contribution in [0.2, 0.25) is 0 Å². The monoisotopic (exact) mass is 356 g/mol. The largest absolute Gasteiger partial charge is 0.380 e. The van der Waals surface area contributed by atoms with Gasteiger partial charge in [0.1, 0.15) is 11.9 Å². The van der Waals surface area contributed by atoms with E-state index in [9.17, 15) is 4.79 Å². The summed E-state index contributed by atoms with van der Waals surface area (Å²) in [7, 11) is 3.45. The van der Waals surface area contributed by atoms with Crippen molar-refractivity contribution in [1.29, 1.82) is 0 Å². The Hall–Kier alpha value is -2.51. The third-order valence-electron chi connectivity index (χ3n) is 4.30. The van der Waals surface area contributed by atoms with Crippen LogP contribution in [0, 0.1) is 6.92 Å². The normalized spacial score (nSPS) is 17.2. The van der Waals surface area contributed by atoms with E-state index in [1.165, 1.54) is 0 Å². The average Bonchev–Trinajstić information content (AvgIpc) is 2.67. The van der Waals surface area contributed by atoms with Crippen molar-refractivity contribution < 1.29 is 14.3 Å². The zero-order chi connectivity index (χ0) is 18.5. The minimum absolute atomic E-state index is 0.0487. The van der Waals surface area contributed by atoms with E-state index in [4.69, 9.17) is 9.47 Å². The highest BCUT2D eigenvalue weighted by atomic mass is 16.5. The summed E-state index contributed by atoms with van der Waals surface area (Å²) < 4.78 is 10.8. The number of methoxy groups -OCH3 is 1. The van der Waals surface area contributed by atoms with Gasteiger partial charge in [0.2, 0.25) is 0 Å². The summed E-state index contributed by atoms with van der Waals surface area (Å²) in [5, 5.41) is 3.04. The van der Waals surface area contributed by atoms with Gasteiger partial charge in [-0.25, -0.2) is 9.97 Å². The Labute approximate surface area is 153 Å². The first kappa shape index (κ1) is 18.3. The molecule has 1 N–H and O–H groups in total. The van der Waals surface area contributed by atoms with Gasteiger partial charge in [0.25, 0.3) is 5.91 Å². The number of anilines is 1. The molecular formula is C19H24N4O3. The Balaban J connectivity index is 1.90. The lowest BCUT2D eigenvalue weighted by Gasteiger charge is -2.35. The summed E-state index contributed by atoms with van der Waals surface area (Å²) >= 11 is 0. The number of carbonyl (C=O) groups is 1. The Morgan fingerprint density at radius 3 is 3.00 bits per heavy atom.